The smallest absolute Gasteiger partial charge is 0.266 e. The lowest BCUT2D eigenvalue weighted by Crippen LogP contribution is -2.41. The molecule has 0 unspecified atom stereocenters. The van der Waals surface area contributed by atoms with E-state index in [0.717, 1.165) is 0 Å². The highest BCUT2D eigenvalue weighted by Crippen LogP contribution is 2.36. The average Bonchev–Trinajstić information content (AvgIpc) is 2.46. The number of guanidine groups is 1. The maximum absolute atomic E-state index is 12.3. The Morgan fingerprint density at radius 2 is 1.91 bits per heavy atom. The summed E-state index contributed by atoms with van der Waals surface area (Å²) >= 11 is 0. The summed E-state index contributed by atoms with van der Waals surface area (Å²) in [5.41, 5.74) is 1.87. The van der Waals surface area contributed by atoms with E-state index in [4.69, 9.17) is 0 Å². The van der Waals surface area contributed by atoms with E-state index >= 15 is 0 Å². The summed E-state index contributed by atoms with van der Waals surface area (Å²) in [6, 6.07) is 5.67. The van der Waals surface area contributed by atoms with Crippen molar-refractivity contribution in [1.82, 2.24) is 4.72 Å². The van der Waals surface area contributed by atoms with Gasteiger partial charge in [-0.3, -0.25) is 0 Å². The first-order valence-electron chi connectivity index (χ1n) is 7.97. The monoisotopic (exact) mass is 321 g/mol. The van der Waals surface area contributed by atoms with E-state index in [0.29, 0.717) is 22.5 Å². The summed E-state index contributed by atoms with van der Waals surface area (Å²) in [4.78, 5) is 4.59. The normalized spacial score (nSPS) is 23.0. The van der Waals surface area contributed by atoms with Gasteiger partial charge in [0.1, 0.15) is 4.90 Å². The minimum Gasteiger partial charge on any atom is -0.324 e. The van der Waals surface area contributed by atoms with Crippen LogP contribution in [0.15, 0.2) is 28.1 Å². The highest BCUT2D eigenvalue weighted by atomic mass is 32.2. The van der Waals surface area contributed by atoms with E-state index in [-0.39, 0.29) is 6.04 Å². The van der Waals surface area contributed by atoms with Gasteiger partial charge in [-0.1, -0.05) is 25.3 Å². The molecule has 1 heterocycles. The lowest BCUT2D eigenvalue weighted by molar-refractivity contribution is 0.443. The van der Waals surface area contributed by atoms with E-state index in [2.05, 4.69) is 15.0 Å². The van der Waals surface area contributed by atoms with Gasteiger partial charge < -0.3 is 5.32 Å². The first-order chi connectivity index (χ1) is 10.5. The summed E-state index contributed by atoms with van der Waals surface area (Å²) in [6.45, 7) is 3.83. The van der Waals surface area contributed by atoms with Crippen LogP contribution in [0.4, 0.5) is 5.69 Å². The summed E-state index contributed by atoms with van der Waals surface area (Å²) in [6.07, 6.45) is 6.21. The van der Waals surface area contributed by atoms with Gasteiger partial charge in [-0.2, -0.15) is 0 Å². The van der Waals surface area contributed by atoms with Crippen molar-refractivity contribution in [2.75, 3.05) is 5.32 Å². The summed E-state index contributed by atoms with van der Waals surface area (Å²) in [5.74, 6) is 0.854. The molecule has 1 aliphatic carbocycles. The van der Waals surface area contributed by atoms with Gasteiger partial charge in [-0.25, -0.2) is 18.1 Å². The second-order valence-corrected chi connectivity index (χ2v) is 8.04. The van der Waals surface area contributed by atoms with E-state index in [1.807, 2.05) is 26.0 Å². The van der Waals surface area contributed by atoms with Crippen molar-refractivity contribution >= 4 is 21.7 Å². The van der Waals surface area contributed by atoms with Crippen molar-refractivity contribution < 1.29 is 8.42 Å². The largest absolute Gasteiger partial charge is 0.324 e. The van der Waals surface area contributed by atoms with Crippen LogP contribution >= 0.6 is 0 Å². The minimum absolute atomic E-state index is 0.0216. The van der Waals surface area contributed by atoms with Crippen LogP contribution in [0.5, 0.6) is 0 Å². The van der Waals surface area contributed by atoms with E-state index < -0.39 is 10.0 Å². The lowest BCUT2D eigenvalue weighted by atomic mass is 9.84. The topological polar surface area (TPSA) is 70.6 Å². The molecule has 0 spiro atoms. The number of fused-ring (bicyclic) bond motifs is 1. The fraction of sp³-hybridized carbons (Fsp3) is 0.562. The Kier molecular flexibility index (Phi) is 4.12. The molecule has 0 radical (unpaired) electrons. The Bertz CT molecular complexity index is 689. The second-order valence-electron chi connectivity index (χ2n) is 6.39. The van der Waals surface area contributed by atoms with Gasteiger partial charge >= 0.3 is 0 Å². The van der Waals surface area contributed by atoms with E-state index in [1.165, 1.54) is 37.7 Å². The number of sulfonamides is 1. The number of hydrogen-bond acceptors (Lipinski definition) is 3. The van der Waals surface area contributed by atoms with E-state index in [1.54, 1.807) is 6.07 Å². The van der Waals surface area contributed by atoms with Crippen LogP contribution in [0.3, 0.4) is 0 Å². The number of anilines is 1. The van der Waals surface area contributed by atoms with Crippen LogP contribution in [0.1, 0.15) is 57.4 Å². The van der Waals surface area contributed by atoms with Crippen molar-refractivity contribution in [3.63, 3.8) is 0 Å². The first kappa shape index (κ1) is 15.3. The molecule has 2 aliphatic rings. The standard InChI is InChI=1S/C16H23N3O2S/c1-11(2)17-16-18-14-10-13(12-6-4-3-5-7-12)8-9-15(14)22(20,21)19-16/h8-12H,3-7H2,1-2H3,(H2,17,18,19). The molecule has 1 aromatic carbocycles. The first-order valence-corrected chi connectivity index (χ1v) is 9.45. The Labute approximate surface area is 132 Å². The zero-order valence-corrected chi connectivity index (χ0v) is 13.9. The van der Waals surface area contributed by atoms with Crippen molar-refractivity contribution in [2.24, 2.45) is 4.99 Å². The SMILES string of the molecule is CC(C)N=C1Nc2cc(C3CCCCC3)ccc2S(=O)(=O)N1. The molecule has 0 amide bonds. The Morgan fingerprint density at radius 3 is 2.59 bits per heavy atom. The Morgan fingerprint density at radius 1 is 1.18 bits per heavy atom. The molecule has 1 fully saturated rings. The predicted molar refractivity (Wildman–Crippen MR) is 88.8 cm³/mol. The van der Waals surface area contributed by atoms with Crippen LogP contribution in [0.25, 0.3) is 0 Å². The molecule has 2 N–H and O–H groups in total. The highest BCUT2D eigenvalue weighted by Gasteiger charge is 2.28. The van der Waals surface area contributed by atoms with Gasteiger partial charge in [0.05, 0.1) is 5.69 Å². The quantitative estimate of drug-likeness (QED) is 0.878. The second kappa shape index (κ2) is 5.91. The maximum Gasteiger partial charge on any atom is 0.266 e. The fourth-order valence-electron chi connectivity index (χ4n) is 3.22. The zero-order valence-electron chi connectivity index (χ0n) is 13.1. The van der Waals surface area contributed by atoms with Gasteiger partial charge in [0.2, 0.25) is 5.96 Å². The van der Waals surface area contributed by atoms with Gasteiger partial charge in [0.25, 0.3) is 10.0 Å². The van der Waals surface area contributed by atoms with Crippen molar-refractivity contribution in [2.45, 2.75) is 62.8 Å². The minimum atomic E-state index is -3.53. The molecule has 1 aromatic rings. The number of nitrogens with one attached hydrogen (secondary N) is 2. The number of benzene rings is 1. The fourth-order valence-corrected chi connectivity index (χ4v) is 4.34. The number of aliphatic imine (C=N–C) groups is 1. The molecule has 1 aliphatic heterocycles. The van der Waals surface area contributed by atoms with Crippen LogP contribution in [-0.2, 0) is 10.0 Å². The third-order valence-electron chi connectivity index (χ3n) is 4.24. The molecular formula is C16H23N3O2S. The zero-order chi connectivity index (χ0) is 15.7. The van der Waals surface area contributed by atoms with Crippen LogP contribution in [-0.4, -0.2) is 20.4 Å². The van der Waals surface area contributed by atoms with Crippen LogP contribution in [0, 0.1) is 0 Å². The highest BCUT2D eigenvalue weighted by molar-refractivity contribution is 7.90. The average molecular weight is 321 g/mol. The predicted octanol–water partition coefficient (Wildman–Crippen LogP) is 3.20. The molecule has 0 atom stereocenters. The van der Waals surface area contributed by atoms with Gasteiger partial charge in [0.15, 0.2) is 0 Å². The van der Waals surface area contributed by atoms with Gasteiger partial charge in [-0.15, -0.1) is 0 Å². The lowest BCUT2D eigenvalue weighted by Gasteiger charge is -2.26. The third-order valence-corrected chi connectivity index (χ3v) is 5.64. The molecule has 0 bridgehead atoms. The van der Waals surface area contributed by atoms with Crippen molar-refractivity contribution in [3.8, 4) is 0 Å². The number of nitrogens with zero attached hydrogens (tertiary/aromatic N) is 1. The molecule has 3 rings (SSSR count). The number of hydrogen-bond donors (Lipinski definition) is 2. The molecule has 1 saturated carbocycles. The van der Waals surface area contributed by atoms with Gasteiger partial charge in [-0.05, 0) is 50.3 Å². The third kappa shape index (κ3) is 3.11. The Balaban J connectivity index is 1.96. The summed E-state index contributed by atoms with van der Waals surface area (Å²) < 4.78 is 27.1. The summed E-state index contributed by atoms with van der Waals surface area (Å²) in [5, 5.41) is 3.12. The van der Waals surface area contributed by atoms with Crippen LogP contribution in [0.2, 0.25) is 0 Å². The Hall–Kier alpha value is -1.56. The molecule has 5 nitrogen and oxygen atoms in total. The molecule has 0 aromatic heterocycles. The molecular weight excluding hydrogens is 298 g/mol. The van der Waals surface area contributed by atoms with Crippen molar-refractivity contribution in [3.05, 3.63) is 23.8 Å². The maximum atomic E-state index is 12.3. The number of rotatable bonds is 2. The molecule has 0 saturated heterocycles. The summed E-state index contributed by atoms with van der Waals surface area (Å²) in [7, 11) is -3.53. The van der Waals surface area contributed by atoms with E-state index in [9.17, 15) is 8.42 Å². The van der Waals surface area contributed by atoms with Gasteiger partial charge in [0, 0.05) is 6.04 Å². The molecule has 120 valence electrons. The molecule has 6 heteroatoms. The van der Waals surface area contributed by atoms with Crippen LogP contribution < -0.4 is 10.0 Å². The van der Waals surface area contributed by atoms with Crippen molar-refractivity contribution in [1.29, 1.82) is 0 Å². The molecule has 22 heavy (non-hydrogen) atoms.